The van der Waals surface area contributed by atoms with Gasteiger partial charge in [0, 0.05) is 16.0 Å². The highest BCUT2D eigenvalue weighted by Gasteiger charge is 2.22. The summed E-state index contributed by atoms with van der Waals surface area (Å²) in [5.41, 5.74) is 4.81. The summed E-state index contributed by atoms with van der Waals surface area (Å²) >= 11 is 14.2. The molecule has 0 aliphatic heterocycles. The van der Waals surface area contributed by atoms with Gasteiger partial charge in [0.15, 0.2) is 0 Å². The Morgan fingerprint density at radius 2 is 1.97 bits per heavy atom. The first-order chi connectivity index (χ1) is 14.7. The number of fused-ring (bicyclic) bond motifs is 1. The van der Waals surface area contributed by atoms with Gasteiger partial charge in [-0.1, -0.05) is 47.5 Å². The fourth-order valence-electron chi connectivity index (χ4n) is 3.86. The van der Waals surface area contributed by atoms with Gasteiger partial charge in [-0.2, -0.15) is 0 Å². The molecule has 0 radical (unpaired) electrons. The van der Waals surface area contributed by atoms with E-state index in [4.69, 9.17) is 23.2 Å². The van der Waals surface area contributed by atoms with Gasteiger partial charge in [-0.3, -0.25) is 0 Å². The number of hydrogen-bond donors (Lipinski definition) is 3. The molecule has 2 amide bonds. The molecule has 3 aromatic rings. The molecule has 2 aromatic carbocycles. The van der Waals surface area contributed by atoms with E-state index in [1.807, 2.05) is 29.6 Å². The van der Waals surface area contributed by atoms with Crippen molar-refractivity contribution >= 4 is 46.3 Å². The van der Waals surface area contributed by atoms with Gasteiger partial charge in [-0.15, -0.1) is 11.3 Å². The van der Waals surface area contributed by atoms with E-state index in [1.54, 1.807) is 19.9 Å². The number of aliphatic hydroxyl groups is 1. The maximum Gasteiger partial charge on any atom is 0.319 e. The Bertz CT molecular complexity index is 1140. The van der Waals surface area contributed by atoms with Gasteiger partial charge in [-0.05, 0) is 67.3 Å². The van der Waals surface area contributed by atoms with Crippen molar-refractivity contribution in [3.63, 3.8) is 0 Å². The quantitative estimate of drug-likeness (QED) is 0.382. The van der Waals surface area contributed by atoms with Crippen LogP contribution < -0.4 is 10.6 Å². The predicted octanol–water partition coefficient (Wildman–Crippen LogP) is 6.76. The van der Waals surface area contributed by atoms with Gasteiger partial charge in [0.25, 0.3) is 0 Å². The summed E-state index contributed by atoms with van der Waals surface area (Å²) in [6.07, 6.45) is 2.98. The van der Waals surface area contributed by atoms with Gasteiger partial charge in [0.2, 0.25) is 0 Å². The van der Waals surface area contributed by atoms with Gasteiger partial charge in [0.1, 0.15) is 0 Å². The molecular formula is C24H24Cl2N2O2S. The van der Waals surface area contributed by atoms with Gasteiger partial charge in [0.05, 0.1) is 27.9 Å². The zero-order chi connectivity index (χ0) is 22.2. The normalized spacial score (nSPS) is 13.2. The molecule has 0 unspecified atom stereocenters. The van der Waals surface area contributed by atoms with Crippen molar-refractivity contribution in [1.29, 1.82) is 0 Å². The Kier molecular flexibility index (Phi) is 6.31. The van der Waals surface area contributed by atoms with Crippen molar-refractivity contribution in [2.75, 3.05) is 5.32 Å². The Morgan fingerprint density at radius 3 is 2.71 bits per heavy atom. The van der Waals surface area contributed by atoms with Crippen LogP contribution in [0.3, 0.4) is 0 Å². The lowest BCUT2D eigenvalue weighted by molar-refractivity contribution is 0.0790. The van der Waals surface area contributed by atoms with Crippen LogP contribution in [-0.2, 0) is 25.0 Å². The van der Waals surface area contributed by atoms with Crippen molar-refractivity contribution in [3.05, 3.63) is 73.4 Å². The number of halogens is 2. The molecule has 1 heterocycles. The van der Waals surface area contributed by atoms with Crippen LogP contribution in [0.2, 0.25) is 10.0 Å². The number of carbonyl (C=O) groups is 1. The fourth-order valence-corrected chi connectivity index (χ4v) is 5.25. The minimum atomic E-state index is -0.896. The first-order valence-corrected chi connectivity index (χ1v) is 11.8. The van der Waals surface area contributed by atoms with Crippen molar-refractivity contribution in [2.45, 2.75) is 45.3 Å². The second-order valence-electron chi connectivity index (χ2n) is 8.25. The molecule has 4 rings (SSSR count). The smallest absolute Gasteiger partial charge is 0.319 e. The summed E-state index contributed by atoms with van der Waals surface area (Å²) < 4.78 is 0. The van der Waals surface area contributed by atoms with E-state index < -0.39 is 5.60 Å². The number of nitrogens with one attached hydrogen (secondary N) is 2. The highest BCUT2D eigenvalue weighted by Crippen LogP contribution is 2.41. The Balaban J connectivity index is 1.57. The fraction of sp³-hybridized carbons (Fsp3) is 0.292. The number of aryl methyl sites for hydroxylation is 1. The lowest BCUT2D eigenvalue weighted by Crippen LogP contribution is -2.28. The van der Waals surface area contributed by atoms with Crippen LogP contribution in [0.5, 0.6) is 0 Å². The molecule has 0 atom stereocenters. The van der Waals surface area contributed by atoms with E-state index in [9.17, 15) is 9.90 Å². The van der Waals surface area contributed by atoms with Crippen LogP contribution in [-0.4, -0.2) is 11.1 Å². The maximum absolute atomic E-state index is 12.8. The molecule has 0 spiro atoms. The molecule has 0 bridgehead atoms. The van der Waals surface area contributed by atoms with E-state index in [0.29, 0.717) is 16.6 Å². The van der Waals surface area contributed by atoms with Crippen LogP contribution in [0, 0.1) is 0 Å². The minimum absolute atomic E-state index is 0.280. The van der Waals surface area contributed by atoms with Crippen LogP contribution in [0.15, 0.2) is 41.8 Å². The third kappa shape index (κ3) is 4.75. The van der Waals surface area contributed by atoms with Gasteiger partial charge in [-0.25, -0.2) is 4.79 Å². The molecule has 1 aromatic heterocycles. The van der Waals surface area contributed by atoms with Crippen molar-refractivity contribution in [3.8, 4) is 11.1 Å². The largest absolute Gasteiger partial charge is 0.386 e. The number of anilines is 1. The molecule has 4 nitrogen and oxygen atoms in total. The lowest BCUT2D eigenvalue weighted by Gasteiger charge is -2.18. The Labute approximate surface area is 196 Å². The summed E-state index contributed by atoms with van der Waals surface area (Å²) in [7, 11) is 0. The van der Waals surface area contributed by atoms with Crippen LogP contribution >= 0.6 is 34.5 Å². The van der Waals surface area contributed by atoms with E-state index in [1.165, 1.54) is 16.9 Å². The predicted molar refractivity (Wildman–Crippen MR) is 129 cm³/mol. The second-order valence-corrected chi connectivity index (χ2v) is 10.0. The SMILES string of the molecule is CC(C)(O)c1csc(CNC(=O)Nc2c(-c3cccc(Cl)c3Cl)ccc3c2CCC3)c1. The van der Waals surface area contributed by atoms with Crippen LogP contribution in [0.4, 0.5) is 10.5 Å². The molecule has 31 heavy (non-hydrogen) atoms. The number of rotatable bonds is 5. The van der Waals surface area contributed by atoms with Gasteiger partial charge >= 0.3 is 6.03 Å². The molecule has 0 saturated heterocycles. The number of urea groups is 1. The van der Waals surface area contributed by atoms with Gasteiger partial charge < -0.3 is 15.7 Å². The summed E-state index contributed by atoms with van der Waals surface area (Å²) in [5, 5.41) is 19.0. The lowest BCUT2D eigenvalue weighted by atomic mass is 9.97. The van der Waals surface area contributed by atoms with E-state index >= 15 is 0 Å². The number of thiophene rings is 1. The summed E-state index contributed by atoms with van der Waals surface area (Å²) in [4.78, 5) is 13.8. The van der Waals surface area contributed by atoms with Crippen molar-refractivity contribution in [2.24, 2.45) is 0 Å². The average Bonchev–Trinajstić information content (AvgIpc) is 3.38. The zero-order valence-electron chi connectivity index (χ0n) is 17.4. The number of carbonyl (C=O) groups excluding carboxylic acids is 1. The first kappa shape index (κ1) is 22.2. The molecule has 3 N–H and O–H groups in total. The third-order valence-electron chi connectivity index (χ3n) is 5.55. The summed E-state index contributed by atoms with van der Waals surface area (Å²) in [6.45, 7) is 3.88. The molecule has 7 heteroatoms. The monoisotopic (exact) mass is 474 g/mol. The van der Waals surface area contributed by atoms with E-state index in [-0.39, 0.29) is 6.03 Å². The van der Waals surface area contributed by atoms with Crippen molar-refractivity contribution < 1.29 is 9.90 Å². The summed E-state index contributed by atoms with van der Waals surface area (Å²) in [6, 6.07) is 11.3. The Morgan fingerprint density at radius 1 is 1.16 bits per heavy atom. The van der Waals surface area contributed by atoms with E-state index in [0.717, 1.165) is 52.1 Å². The number of hydrogen-bond acceptors (Lipinski definition) is 3. The molecule has 0 saturated carbocycles. The Hall–Kier alpha value is -2.05. The molecule has 1 aliphatic rings. The summed E-state index contributed by atoms with van der Waals surface area (Å²) in [5.74, 6) is 0. The molecule has 0 fully saturated rings. The second kappa shape index (κ2) is 8.83. The van der Waals surface area contributed by atoms with Crippen LogP contribution in [0.1, 0.15) is 41.8 Å². The highest BCUT2D eigenvalue weighted by atomic mass is 35.5. The number of amides is 2. The number of benzene rings is 2. The third-order valence-corrected chi connectivity index (χ3v) is 7.30. The van der Waals surface area contributed by atoms with E-state index in [2.05, 4.69) is 16.7 Å². The standard InChI is InChI=1S/C24H24Cl2N2O2S/c1-24(2,30)15-11-16(31-13-15)12-27-23(29)28-22-17-6-3-5-14(17)9-10-19(22)18-7-4-8-20(25)21(18)26/h4,7-11,13,30H,3,5-6,12H2,1-2H3,(H2,27,28,29). The molecular weight excluding hydrogens is 451 g/mol. The zero-order valence-corrected chi connectivity index (χ0v) is 19.7. The first-order valence-electron chi connectivity index (χ1n) is 10.2. The minimum Gasteiger partial charge on any atom is -0.386 e. The average molecular weight is 475 g/mol. The maximum atomic E-state index is 12.8. The van der Waals surface area contributed by atoms with Crippen LogP contribution in [0.25, 0.3) is 11.1 Å². The molecule has 1 aliphatic carbocycles. The topological polar surface area (TPSA) is 61.4 Å². The molecule has 162 valence electrons. The van der Waals surface area contributed by atoms with Crippen molar-refractivity contribution in [1.82, 2.24) is 5.32 Å². The highest BCUT2D eigenvalue weighted by molar-refractivity contribution is 7.10.